The quantitative estimate of drug-likeness (QED) is 0.427. The fraction of sp³-hybridized carbons (Fsp3) is 0.727. The number of aliphatic hydroxyl groups excluding tert-OH is 2. The molecule has 1 rings (SSSR count). The molecule has 0 aromatic heterocycles. The third-order valence-electron chi connectivity index (χ3n) is 5.35. The summed E-state index contributed by atoms with van der Waals surface area (Å²) in [6.07, 6.45) is 12.7. The van der Waals surface area contributed by atoms with Gasteiger partial charge < -0.3 is 15.3 Å². The summed E-state index contributed by atoms with van der Waals surface area (Å²) >= 11 is 0. The highest BCUT2D eigenvalue weighted by Crippen LogP contribution is 2.36. The molecule has 5 heteroatoms. The minimum Gasteiger partial charge on any atom is -0.392 e. The van der Waals surface area contributed by atoms with Crippen LogP contribution in [0.1, 0.15) is 71.6 Å². The first-order chi connectivity index (χ1) is 12.8. The molecule has 1 aliphatic rings. The van der Waals surface area contributed by atoms with Gasteiger partial charge in [-0.2, -0.15) is 0 Å². The Kier molecular flexibility index (Phi) is 10.7. The van der Waals surface area contributed by atoms with Crippen molar-refractivity contribution in [3.63, 3.8) is 0 Å². The van der Waals surface area contributed by atoms with Crippen LogP contribution in [0.25, 0.3) is 0 Å². The van der Waals surface area contributed by atoms with E-state index in [1.807, 2.05) is 31.2 Å². The maximum Gasteiger partial charge on any atom is 0.158 e. The number of hydrogen-bond acceptors (Lipinski definition) is 5. The lowest BCUT2D eigenvalue weighted by Crippen LogP contribution is -2.24. The van der Waals surface area contributed by atoms with Crippen molar-refractivity contribution in [1.82, 2.24) is 0 Å². The Balaban J connectivity index is 2.43. The number of Topliss-reactive ketones (excluding diaryl/α,β-unsaturated/α-hetero) is 2. The van der Waals surface area contributed by atoms with Crippen LogP contribution in [0.15, 0.2) is 24.3 Å². The molecule has 154 valence electrons. The summed E-state index contributed by atoms with van der Waals surface area (Å²) in [6.45, 7) is 3.40. The van der Waals surface area contributed by atoms with Gasteiger partial charge in [-0.3, -0.25) is 9.59 Å². The standard InChI is InChI=1S/C22H36O5/c1-3-4-13-22(2,27)14-9-12-19-18(20(25)15-21(19)26)11-8-6-5-7-10-17(24)16-23/h4-6,13,18-19,21,23,26-27H,3,7-12,14-16H2,1-2H3/b6-5-,13-4?/t18-,19-,21-,22?/m1/s1. The van der Waals surface area contributed by atoms with E-state index in [0.29, 0.717) is 25.7 Å². The van der Waals surface area contributed by atoms with Gasteiger partial charge in [0.25, 0.3) is 0 Å². The Bertz CT molecular complexity index is 521. The number of carbonyl (C=O) groups is 2. The van der Waals surface area contributed by atoms with Gasteiger partial charge in [0, 0.05) is 18.8 Å². The molecule has 0 aromatic carbocycles. The summed E-state index contributed by atoms with van der Waals surface area (Å²) < 4.78 is 0. The molecule has 0 heterocycles. The molecule has 0 spiro atoms. The summed E-state index contributed by atoms with van der Waals surface area (Å²) in [4.78, 5) is 23.3. The largest absolute Gasteiger partial charge is 0.392 e. The van der Waals surface area contributed by atoms with Crippen molar-refractivity contribution in [3.8, 4) is 0 Å². The van der Waals surface area contributed by atoms with Crippen LogP contribution in [0.4, 0.5) is 0 Å². The normalized spacial score (nSPS) is 25.5. The van der Waals surface area contributed by atoms with Crippen LogP contribution in [-0.2, 0) is 9.59 Å². The average molecular weight is 381 g/mol. The molecule has 4 atom stereocenters. The van der Waals surface area contributed by atoms with E-state index in [-0.39, 0.29) is 29.8 Å². The van der Waals surface area contributed by atoms with E-state index in [2.05, 4.69) is 0 Å². The molecule has 0 bridgehead atoms. The molecule has 3 N–H and O–H groups in total. The number of rotatable bonds is 13. The third-order valence-corrected chi connectivity index (χ3v) is 5.35. The van der Waals surface area contributed by atoms with Crippen molar-refractivity contribution in [2.24, 2.45) is 11.8 Å². The lowest BCUT2D eigenvalue weighted by Gasteiger charge is -2.23. The highest BCUT2D eigenvalue weighted by atomic mass is 16.3. The van der Waals surface area contributed by atoms with Crippen molar-refractivity contribution in [2.45, 2.75) is 83.3 Å². The maximum atomic E-state index is 12.2. The fourth-order valence-corrected chi connectivity index (χ4v) is 3.77. The van der Waals surface area contributed by atoms with Crippen molar-refractivity contribution in [3.05, 3.63) is 24.3 Å². The van der Waals surface area contributed by atoms with Gasteiger partial charge in [0.1, 0.15) is 12.4 Å². The van der Waals surface area contributed by atoms with Gasteiger partial charge in [-0.1, -0.05) is 31.2 Å². The summed E-state index contributed by atoms with van der Waals surface area (Å²) in [5, 5.41) is 29.2. The maximum absolute atomic E-state index is 12.2. The molecule has 1 unspecified atom stereocenters. The van der Waals surface area contributed by atoms with Gasteiger partial charge in [0.05, 0.1) is 11.7 Å². The Labute approximate surface area is 163 Å². The molecule has 5 nitrogen and oxygen atoms in total. The summed E-state index contributed by atoms with van der Waals surface area (Å²) in [5.74, 6) is -0.194. The Morgan fingerprint density at radius 3 is 2.59 bits per heavy atom. The summed E-state index contributed by atoms with van der Waals surface area (Å²) in [7, 11) is 0. The van der Waals surface area contributed by atoms with Gasteiger partial charge in [0.15, 0.2) is 5.78 Å². The molecule has 0 radical (unpaired) electrons. The van der Waals surface area contributed by atoms with Gasteiger partial charge in [-0.15, -0.1) is 0 Å². The molecular weight excluding hydrogens is 344 g/mol. The number of ketones is 2. The topological polar surface area (TPSA) is 94.8 Å². The highest BCUT2D eigenvalue weighted by Gasteiger charge is 2.40. The van der Waals surface area contributed by atoms with E-state index in [1.165, 1.54) is 0 Å². The molecular formula is C22H36O5. The minimum atomic E-state index is -0.839. The summed E-state index contributed by atoms with van der Waals surface area (Å²) in [6, 6.07) is 0. The van der Waals surface area contributed by atoms with Crippen LogP contribution in [0, 0.1) is 11.8 Å². The second-order valence-electron chi connectivity index (χ2n) is 7.85. The van der Waals surface area contributed by atoms with E-state index in [1.54, 1.807) is 6.92 Å². The van der Waals surface area contributed by atoms with Gasteiger partial charge in [-0.25, -0.2) is 0 Å². The highest BCUT2D eigenvalue weighted by molar-refractivity contribution is 5.84. The zero-order valence-corrected chi connectivity index (χ0v) is 16.8. The zero-order valence-electron chi connectivity index (χ0n) is 16.8. The number of allylic oxidation sites excluding steroid dienone is 3. The number of carbonyl (C=O) groups excluding carboxylic acids is 2. The number of aliphatic hydroxyl groups is 3. The zero-order chi connectivity index (χ0) is 20.3. The SMILES string of the molecule is CCC=CC(C)(O)CCC[C@H]1[C@H](O)CC(=O)[C@@H]1CC/C=C\CCC(=O)CO. The molecule has 0 aliphatic heterocycles. The smallest absolute Gasteiger partial charge is 0.158 e. The van der Waals surface area contributed by atoms with Gasteiger partial charge in [-0.05, 0) is 57.8 Å². The van der Waals surface area contributed by atoms with E-state index in [4.69, 9.17) is 5.11 Å². The molecule has 1 aliphatic carbocycles. The van der Waals surface area contributed by atoms with Crippen molar-refractivity contribution in [2.75, 3.05) is 6.61 Å². The average Bonchev–Trinajstić information content (AvgIpc) is 2.89. The lowest BCUT2D eigenvalue weighted by atomic mass is 9.84. The first-order valence-corrected chi connectivity index (χ1v) is 10.2. The summed E-state index contributed by atoms with van der Waals surface area (Å²) in [5.41, 5.74) is -0.839. The molecule has 1 saturated carbocycles. The lowest BCUT2D eigenvalue weighted by molar-refractivity contribution is -0.122. The van der Waals surface area contributed by atoms with Crippen molar-refractivity contribution >= 4 is 11.6 Å². The van der Waals surface area contributed by atoms with Gasteiger partial charge >= 0.3 is 0 Å². The molecule has 0 aromatic rings. The van der Waals surface area contributed by atoms with Crippen LogP contribution in [0.5, 0.6) is 0 Å². The van der Waals surface area contributed by atoms with E-state index >= 15 is 0 Å². The van der Waals surface area contributed by atoms with E-state index < -0.39 is 18.3 Å². The predicted octanol–water partition coefficient (Wildman–Crippen LogP) is 3.12. The fourth-order valence-electron chi connectivity index (χ4n) is 3.77. The van der Waals surface area contributed by atoms with E-state index in [0.717, 1.165) is 25.7 Å². The molecule has 1 fully saturated rings. The van der Waals surface area contributed by atoms with Crippen LogP contribution in [0.3, 0.4) is 0 Å². The number of hydrogen-bond donors (Lipinski definition) is 3. The van der Waals surface area contributed by atoms with Crippen LogP contribution in [-0.4, -0.2) is 45.2 Å². The Morgan fingerprint density at radius 2 is 1.93 bits per heavy atom. The van der Waals surface area contributed by atoms with Crippen LogP contribution < -0.4 is 0 Å². The Morgan fingerprint density at radius 1 is 1.22 bits per heavy atom. The second kappa shape index (κ2) is 12.2. The minimum absolute atomic E-state index is 0.0344. The monoisotopic (exact) mass is 380 g/mol. The van der Waals surface area contributed by atoms with Crippen LogP contribution in [0.2, 0.25) is 0 Å². The van der Waals surface area contributed by atoms with Crippen molar-refractivity contribution < 1.29 is 24.9 Å². The molecule has 27 heavy (non-hydrogen) atoms. The molecule has 0 saturated heterocycles. The van der Waals surface area contributed by atoms with E-state index in [9.17, 15) is 19.8 Å². The third kappa shape index (κ3) is 8.96. The van der Waals surface area contributed by atoms with Crippen LogP contribution >= 0.6 is 0 Å². The molecule has 0 amide bonds. The second-order valence-corrected chi connectivity index (χ2v) is 7.85. The first-order valence-electron chi connectivity index (χ1n) is 10.2. The predicted molar refractivity (Wildman–Crippen MR) is 106 cm³/mol. The van der Waals surface area contributed by atoms with Gasteiger partial charge in [0.2, 0.25) is 0 Å². The Hall–Kier alpha value is -1.30. The van der Waals surface area contributed by atoms with Crippen molar-refractivity contribution in [1.29, 1.82) is 0 Å². The first kappa shape index (κ1) is 23.7.